The van der Waals surface area contributed by atoms with Gasteiger partial charge in [-0.05, 0) is 0 Å². The van der Waals surface area contributed by atoms with Gasteiger partial charge in [0, 0.05) is 35.4 Å². The third-order valence-corrected chi connectivity index (χ3v) is 3.76. The van der Waals surface area contributed by atoms with Gasteiger partial charge in [-0.15, -0.1) is 0 Å². The van der Waals surface area contributed by atoms with E-state index in [1.54, 1.807) is 0 Å². The summed E-state index contributed by atoms with van der Waals surface area (Å²) in [6, 6.07) is 3.40. The molecule has 0 fully saturated rings. The van der Waals surface area contributed by atoms with Gasteiger partial charge in [0.15, 0.2) is 0 Å². The second kappa shape index (κ2) is 11.8. The van der Waals surface area contributed by atoms with E-state index >= 15 is 0 Å². The van der Waals surface area contributed by atoms with Crippen LogP contribution in [-0.4, -0.2) is 54.4 Å². The van der Waals surface area contributed by atoms with Crippen LogP contribution in [0.1, 0.15) is 39.3 Å². The number of esters is 1. The lowest BCUT2D eigenvalue weighted by atomic mass is 10.1. The standard InChI is InChI=1S/C9H9NO6.C8H7NO6.CH4/c1-16-9(13)6-3-8(12)5(4-11)2-7(6)10(14)15;10-3-4-1-6(9(14)15)5(8(12)13)2-7(4)11;/h2-3,11-12H,4H2,1H3;1-2,10-11H,3H2,(H,12,13);1H4. The molecule has 0 saturated heterocycles. The van der Waals surface area contributed by atoms with E-state index < -0.39 is 63.4 Å². The van der Waals surface area contributed by atoms with Crippen molar-refractivity contribution in [2.75, 3.05) is 7.11 Å². The van der Waals surface area contributed by atoms with Crippen LogP contribution in [0.3, 0.4) is 0 Å². The molecule has 174 valence electrons. The fourth-order valence-electron chi connectivity index (χ4n) is 2.24. The molecule has 2 rings (SSSR count). The molecule has 0 heterocycles. The molecule has 32 heavy (non-hydrogen) atoms. The van der Waals surface area contributed by atoms with Crippen LogP contribution in [0.25, 0.3) is 0 Å². The van der Waals surface area contributed by atoms with Gasteiger partial charge < -0.3 is 30.3 Å². The zero-order chi connectivity index (χ0) is 23.9. The lowest BCUT2D eigenvalue weighted by Gasteiger charge is -2.05. The van der Waals surface area contributed by atoms with Gasteiger partial charge >= 0.3 is 11.9 Å². The maximum Gasteiger partial charge on any atom is 0.345 e. The van der Waals surface area contributed by atoms with Crippen LogP contribution in [0.2, 0.25) is 0 Å². The van der Waals surface area contributed by atoms with Crippen molar-refractivity contribution in [2.24, 2.45) is 0 Å². The number of carboxylic acids is 1. The number of ether oxygens (including phenoxy) is 1. The second-order valence-electron chi connectivity index (χ2n) is 5.62. The Kier molecular flexibility index (Phi) is 10.2. The topological polar surface area (TPSA) is 231 Å². The summed E-state index contributed by atoms with van der Waals surface area (Å²) in [6.07, 6.45) is 0. The van der Waals surface area contributed by atoms with Crippen molar-refractivity contribution >= 4 is 23.3 Å². The lowest BCUT2D eigenvalue weighted by Crippen LogP contribution is -2.06. The Morgan fingerprint density at radius 3 is 1.56 bits per heavy atom. The molecule has 0 aliphatic heterocycles. The minimum absolute atomic E-state index is 0. The summed E-state index contributed by atoms with van der Waals surface area (Å²) < 4.78 is 4.34. The highest BCUT2D eigenvalue weighted by Crippen LogP contribution is 2.29. The lowest BCUT2D eigenvalue weighted by molar-refractivity contribution is -0.385. The third kappa shape index (κ3) is 6.35. The van der Waals surface area contributed by atoms with E-state index in [2.05, 4.69) is 4.74 Å². The molecule has 2 aromatic carbocycles. The number of nitrogens with zero attached hydrogens (tertiary/aromatic N) is 2. The maximum atomic E-state index is 11.2. The number of carbonyl (C=O) groups excluding carboxylic acids is 1. The zero-order valence-electron chi connectivity index (χ0n) is 15.7. The molecule has 0 aliphatic rings. The first kappa shape index (κ1) is 27.7. The van der Waals surface area contributed by atoms with E-state index in [4.69, 9.17) is 15.3 Å². The van der Waals surface area contributed by atoms with Gasteiger partial charge in [0.1, 0.15) is 22.6 Å². The van der Waals surface area contributed by atoms with E-state index in [1.165, 1.54) is 0 Å². The number of benzene rings is 2. The van der Waals surface area contributed by atoms with Gasteiger partial charge in [-0.2, -0.15) is 0 Å². The van der Waals surface area contributed by atoms with Crippen molar-refractivity contribution in [1.29, 1.82) is 0 Å². The predicted octanol–water partition coefficient (Wildman–Crippen LogP) is 1.71. The van der Waals surface area contributed by atoms with Crippen LogP contribution in [0.5, 0.6) is 11.5 Å². The monoisotopic (exact) mass is 456 g/mol. The number of nitro groups is 2. The second-order valence-corrected chi connectivity index (χ2v) is 5.62. The minimum atomic E-state index is -1.51. The van der Waals surface area contributed by atoms with Crippen molar-refractivity contribution in [3.63, 3.8) is 0 Å². The van der Waals surface area contributed by atoms with E-state index in [9.17, 15) is 40.0 Å². The number of aliphatic hydroxyl groups excluding tert-OH is 2. The molecule has 0 unspecified atom stereocenters. The average molecular weight is 456 g/mol. The van der Waals surface area contributed by atoms with E-state index in [0.717, 1.165) is 31.4 Å². The molecular formula is C18H20N2O12. The normalized spacial score (nSPS) is 9.59. The Balaban J connectivity index is 0.000000584. The average Bonchev–Trinajstić information content (AvgIpc) is 2.72. The van der Waals surface area contributed by atoms with E-state index in [1.807, 2.05) is 0 Å². The summed E-state index contributed by atoms with van der Waals surface area (Å²) in [5, 5.41) is 65.9. The Hall–Kier alpha value is -4.30. The van der Waals surface area contributed by atoms with Gasteiger partial charge in [0.2, 0.25) is 0 Å². The van der Waals surface area contributed by atoms with Crippen LogP contribution in [0, 0.1) is 20.2 Å². The van der Waals surface area contributed by atoms with Crippen LogP contribution >= 0.6 is 0 Å². The summed E-state index contributed by atoms with van der Waals surface area (Å²) >= 11 is 0. The Labute approximate surface area is 179 Å². The molecular weight excluding hydrogens is 436 g/mol. The number of aromatic hydroxyl groups is 2. The fourth-order valence-corrected chi connectivity index (χ4v) is 2.24. The quantitative estimate of drug-likeness (QED) is 0.237. The van der Waals surface area contributed by atoms with Crippen LogP contribution in [0.4, 0.5) is 11.4 Å². The molecule has 0 aliphatic carbocycles. The highest BCUT2D eigenvalue weighted by Gasteiger charge is 2.24. The van der Waals surface area contributed by atoms with Gasteiger partial charge in [-0.1, -0.05) is 7.43 Å². The third-order valence-electron chi connectivity index (χ3n) is 3.76. The smallest absolute Gasteiger partial charge is 0.345 e. The molecule has 14 nitrogen and oxygen atoms in total. The van der Waals surface area contributed by atoms with Gasteiger partial charge in [0.25, 0.3) is 11.4 Å². The van der Waals surface area contributed by atoms with Crippen molar-refractivity contribution in [3.05, 3.63) is 66.7 Å². The highest BCUT2D eigenvalue weighted by atomic mass is 16.6. The number of aromatic carboxylic acids is 1. The number of rotatable bonds is 6. The zero-order valence-corrected chi connectivity index (χ0v) is 15.7. The number of methoxy groups -OCH3 is 1. The van der Waals surface area contributed by atoms with Crippen molar-refractivity contribution in [3.8, 4) is 11.5 Å². The number of nitro benzene ring substituents is 2. The van der Waals surface area contributed by atoms with Gasteiger partial charge in [-0.3, -0.25) is 20.2 Å². The molecule has 0 atom stereocenters. The maximum absolute atomic E-state index is 11.2. The number of hydrogen-bond acceptors (Lipinski definition) is 11. The predicted molar refractivity (Wildman–Crippen MR) is 106 cm³/mol. The van der Waals surface area contributed by atoms with E-state index in [0.29, 0.717) is 0 Å². The van der Waals surface area contributed by atoms with Gasteiger partial charge in [-0.25, -0.2) is 9.59 Å². The number of carbonyl (C=O) groups is 2. The SMILES string of the molecule is C.COC(=O)c1cc(O)c(CO)cc1[N+](=O)[O-].O=C(O)c1cc(O)c(CO)cc1[N+](=O)[O-]. The van der Waals surface area contributed by atoms with Crippen molar-refractivity contribution in [1.82, 2.24) is 0 Å². The van der Waals surface area contributed by atoms with Crippen molar-refractivity contribution < 1.29 is 49.7 Å². The number of aliphatic hydroxyl groups is 2. The summed E-state index contributed by atoms with van der Waals surface area (Å²) in [5.41, 5.74) is -2.28. The van der Waals surface area contributed by atoms with Crippen LogP contribution < -0.4 is 0 Å². The Bertz CT molecular complexity index is 1040. The molecule has 0 aromatic heterocycles. The van der Waals surface area contributed by atoms with E-state index in [-0.39, 0.29) is 24.1 Å². The molecule has 0 spiro atoms. The Morgan fingerprint density at radius 2 is 1.25 bits per heavy atom. The summed E-state index contributed by atoms with van der Waals surface area (Å²) in [6.45, 7) is -1.17. The first-order valence-electron chi connectivity index (χ1n) is 8.02. The van der Waals surface area contributed by atoms with Gasteiger partial charge in [0.05, 0.1) is 30.2 Å². The number of carboxylic acid groups (broad SMARTS) is 1. The molecule has 0 amide bonds. The largest absolute Gasteiger partial charge is 0.508 e. The first-order valence-corrected chi connectivity index (χ1v) is 8.02. The number of phenols is 2. The highest BCUT2D eigenvalue weighted by molar-refractivity contribution is 5.94. The fraction of sp³-hybridized carbons (Fsp3) is 0.222. The Morgan fingerprint density at radius 1 is 0.875 bits per heavy atom. The summed E-state index contributed by atoms with van der Waals surface area (Å²) in [7, 11) is 1.07. The summed E-state index contributed by atoms with van der Waals surface area (Å²) in [4.78, 5) is 41.3. The first-order chi connectivity index (χ1) is 14.5. The molecule has 0 bridgehead atoms. The number of hydrogen-bond donors (Lipinski definition) is 5. The summed E-state index contributed by atoms with van der Waals surface area (Å²) in [5.74, 6) is -3.32. The molecule has 14 heteroatoms. The molecule has 0 radical (unpaired) electrons. The van der Waals surface area contributed by atoms with Crippen LogP contribution in [0.15, 0.2) is 24.3 Å². The molecule has 5 N–H and O–H groups in total. The molecule has 2 aromatic rings. The molecule has 0 saturated carbocycles. The van der Waals surface area contributed by atoms with Crippen molar-refractivity contribution in [2.45, 2.75) is 20.6 Å². The minimum Gasteiger partial charge on any atom is -0.508 e. The van der Waals surface area contributed by atoms with Crippen LogP contribution in [-0.2, 0) is 18.0 Å².